The average Bonchev–Trinajstić information content (AvgIpc) is 3.22. The molecule has 7 nitrogen and oxygen atoms in total. The lowest BCUT2D eigenvalue weighted by Crippen LogP contribution is -2.54. The van der Waals surface area contributed by atoms with E-state index < -0.39 is 42.0 Å². The first-order valence-electron chi connectivity index (χ1n) is 9.80. The maximum atomic E-state index is 10.8. The quantitative estimate of drug-likeness (QED) is 0.689. The van der Waals surface area contributed by atoms with Crippen LogP contribution in [0.1, 0.15) is 64.2 Å². The predicted molar refractivity (Wildman–Crippen MR) is 84.2 cm³/mol. The maximum absolute atomic E-state index is 10.8. The van der Waals surface area contributed by atoms with E-state index in [-0.39, 0.29) is 0 Å². The van der Waals surface area contributed by atoms with Crippen molar-refractivity contribution in [3.8, 4) is 0 Å². The Bertz CT molecular complexity index is 510. The molecule has 5 aliphatic rings. The molecule has 0 unspecified atom stereocenters. The fourth-order valence-electron chi connectivity index (χ4n) is 5.15. The van der Waals surface area contributed by atoms with Crippen LogP contribution in [0.5, 0.6) is 0 Å². The molecule has 0 amide bonds. The van der Waals surface area contributed by atoms with E-state index in [0.29, 0.717) is 6.61 Å². The standard InChI is InChI=1S/C18H28O7/c19-18(20)13(12-11-21-16(23-12)7-3-1-4-8-16)22-15-14(18)24-17(25-15)9-5-2-6-10-17/h12-15,19-20H,1-11H2/t12-,13+,14-,15-/m0/s1. The first kappa shape index (κ1) is 16.9. The van der Waals surface area contributed by atoms with Gasteiger partial charge in [0, 0.05) is 25.7 Å². The molecule has 25 heavy (non-hydrogen) atoms. The van der Waals surface area contributed by atoms with Gasteiger partial charge in [0.15, 0.2) is 24.0 Å². The van der Waals surface area contributed by atoms with E-state index in [1.54, 1.807) is 0 Å². The van der Waals surface area contributed by atoms with Gasteiger partial charge in [0.25, 0.3) is 0 Å². The van der Waals surface area contributed by atoms with Gasteiger partial charge in [-0.05, 0) is 25.7 Å². The highest BCUT2D eigenvalue weighted by atomic mass is 16.9. The van der Waals surface area contributed by atoms with Crippen LogP contribution in [0.3, 0.4) is 0 Å². The number of aliphatic hydroxyl groups is 2. The second-order valence-electron chi connectivity index (χ2n) is 8.27. The summed E-state index contributed by atoms with van der Waals surface area (Å²) in [6.07, 6.45) is 6.68. The van der Waals surface area contributed by atoms with E-state index >= 15 is 0 Å². The third-order valence-electron chi connectivity index (χ3n) is 6.48. The highest BCUT2D eigenvalue weighted by molar-refractivity contribution is 5.04. The van der Waals surface area contributed by atoms with Crippen LogP contribution >= 0.6 is 0 Å². The van der Waals surface area contributed by atoms with Gasteiger partial charge >= 0.3 is 0 Å². The molecular formula is C18H28O7. The van der Waals surface area contributed by atoms with Crippen LogP contribution in [0.4, 0.5) is 0 Å². The second kappa shape index (κ2) is 5.86. The summed E-state index contributed by atoms with van der Waals surface area (Å²) < 4.78 is 30.0. The largest absolute Gasteiger partial charge is 0.361 e. The maximum Gasteiger partial charge on any atom is 0.225 e. The Morgan fingerprint density at radius 1 is 0.680 bits per heavy atom. The van der Waals surface area contributed by atoms with Crippen molar-refractivity contribution in [1.82, 2.24) is 0 Å². The highest BCUT2D eigenvalue weighted by Gasteiger charge is 2.67. The Kier molecular flexibility index (Phi) is 3.95. The molecule has 2 saturated carbocycles. The van der Waals surface area contributed by atoms with Crippen molar-refractivity contribution in [2.75, 3.05) is 6.61 Å². The fourth-order valence-corrected chi connectivity index (χ4v) is 5.15. The van der Waals surface area contributed by atoms with Crippen molar-refractivity contribution < 1.29 is 33.9 Å². The average molecular weight is 356 g/mol. The van der Waals surface area contributed by atoms with Gasteiger partial charge in [-0.25, -0.2) is 0 Å². The predicted octanol–water partition coefficient (Wildman–Crippen LogP) is 1.54. The van der Waals surface area contributed by atoms with Crippen LogP contribution in [0.15, 0.2) is 0 Å². The van der Waals surface area contributed by atoms with Gasteiger partial charge in [-0.15, -0.1) is 0 Å². The summed E-state index contributed by atoms with van der Waals surface area (Å²) in [4.78, 5) is 0. The molecule has 0 radical (unpaired) electrons. The fraction of sp³-hybridized carbons (Fsp3) is 1.00. The molecule has 0 bridgehead atoms. The third-order valence-corrected chi connectivity index (χ3v) is 6.48. The Morgan fingerprint density at radius 3 is 1.96 bits per heavy atom. The normalized spacial score (nSPS) is 44.4. The number of hydrogen-bond acceptors (Lipinski definition) is 7. The Morgan fingerprint density at radius 2 is 1.32 bits per heavy atom. The highest BCUT2D eigenvalue weighted by Crippen LogP contribution is 2.50. The number of hydrogen-bond donors (Lipinski definition) is 2. The lowest BCUT2D eigenvalue weighted by atomic mass is 9.94. The molecule has 0 aromatic carbocycles. The number of fused-ring (bicyclic) bond motifs is 1. The number of ether oxygens (including phenoxy) is 5. The smallest absolute Gasteiger partial charge is 0.225 e. The Labute approximate surface area is 147 Å². The summed E-state index contributed by atoms with van der Waals surface area (Å²) in [6, 6.07) is 0. The molecular weight excluding hydrogens is 328 g/mol. The molecule has 7 heteroatoms. The first-order chi connectivity index (χ1) is 12.0. The Balaban J connectivity index is 1.29. The molecule has 2 N–H and O–H groups in total. The van der Waals surface area contributed by atoms with Gasteiger partial charge in [0.05, 0.1) is 6.61 Å². The van der Waals surface area contributed by atoms with Gasteiger partial charge in [-0.3, -0.25) is 0 Å². The lowest BCUT2D eigenvalue weighted by molar-refractivity contribution is -0.311. The molecule has 3 saturated heterocycles. The van der Waals surface area contributed by atoms with Gasteiger partial charge in [-0.2, -0.15) is 0 Å². The van der Waals surface area contributed by atoms with Crippen LogP contribution < -0.4 is 0 Å². The minimum absolute atomic E-state index is 0.304. The van der Waals surface area contributed by atoms with Crippen molar-refractivity contribution in [2.45, 2.75) is 106 Å². The van der Waals surface area contributed by atoms with Crippen LogP contribution in [0.2, 0.25) is 0 Å². The van der Waals surface area contributed by atoms with E-state index in [4.69, 9.17) is 23.7 Å². The zero-order chi connectivity index (χ0) is 17.1. The molecule has 0 aromatic rings. The first-order valence-corrected chi connectivity index (χ1v) is 9.80. The van der Waals surface area contributed by atoms with E-state index in [0.717, 1.165) is 57.8 Å². The van der Waals surface area contributed by atoms with Gasteiger partial charge in [-0.1, -0.05) is 12.8 Å². The molecule has 5 fully saturated rings. The molecule has 5 rings (SSSR count). The zero-order valence-electron chi connectivity index (χ0n) is 14.5. The minimum atomic E-state index is -2.14. The third kappa shape index (κ3) is 2.67. The molecule has 4 atom stereocenters. The van der Waals surface area contributed by atoms with Crippen molar-refractivity contribution in [3.63, 3.8) is 0 Å². The van der Waals surface area contributed by atoms with Crippen LogP contribution in [-0.4, -0.2) is 58.8 Å². The van der Waals surface area contributed by atoms with Gasteiger partial charge < -0.3 is 33.9 Å². The van der Waals surface area contributed by atoms with Crippen LogP contribution in [-0.2, 0) is 23.7 Å². The Hall–Kier alpha value is -0.280. The number of rotatable bonds is 1. The molecule has 0 aromatic heterocycles. The molecule has 2 spiro atoms. The van der Waals surface area contributed by atoms with E-state index in [9.17, 15) is 10.2 Å². The van der Waals surface area contributed by atoms with E-state index in [1.165, 1.54) is 6.42 Å². The molecule has 3 heterocycles. The second-order valence-corrected chi connectivity index (χ2v) is 8.27. The topological polar surface area (TPSA) is 86.6 Å². The molecule has 2 aliphatic carbocycles. The van der Waals surface area contributed by atoms with Crippen molar-refractivity contribution in [1.29, 1.82) is 0 Å². The minimum Gasteiger partial charge on any atom is -0.361 e. The van der Waals surface area contributed by atoms with E-state index in [1.807, 2.05) is 0 Å². The summed E-state index contributed by atoms with van der Waals surface area (Å²) in [5, 5.41) is 21.6. The van der Waals surface area contributed by atoms with E-state index in [2.05, 4.69) is 0 Å². The van der Waals surface area contributed by atoms with Crippen LogP contribution in [0.25, 0.3) is 0 Å². The van der Waals surface area contributed by atoms with Gasteiger partial charge in [0.1, 0.15) is 12.2 Å². The van der Waals surface area contributed by atoms with Gasteiger partial charge in [0.2, 0.25) is 5.79 Å². The summed E-state index contributed by atoms with van der Waals surface area (Å²) >= 11 is 0. The summed E-state index contributed by atoms with van der Waals surface area (Å²) in [5.74, 6) is -3.43. The molecule has 142 valence electrons. The van der Waals surface area contributed by atoms with Crippen LogP contribution in [0, 0.1) is 0 Å². The monoisotopic (exact) mass is 356 g/mol. The molecule has 3 aliphatic heterocycles. The summed E-state index contributed by atoms with van der Waals surface area (Å²) in [5.41, 5.74) is 0. The lowest BCUT2D eigenvalue weighted by Gasteiger charge is -2.37. The van der Waals surface area contributed by atoms with Crippen molar-refractivity contribution >= 4 is 0 Å². The van der Waals surface area contributed by atoms with Crippen molar-refractivity contribution in [3.05, 3.63) is 0 Å². The summed E-state index contributed by atoms with van der Waals surface area (Å²) in [7, 11) is 0. The van der Waals surface area contributed by atoms with Crippen molar-refractivity contribution in [2.24, 2.45) is 0 Å². The SMILES string of the molecule is OC1(O)[C@@H]([C@@H]2COC3(CCCCC3)O2)O[C@H]2OC3(CCCCC3)O[C@@H]21. The zero-order valence-corrected chi connectivity index (χ0v) is 14.5. The summed E-state index contributed by atoms with van der Waals surface area (Å²) in [6.45, 7) is 0.304.